The van der Waals surface area contributed by atoms with Gasteiger partial charge in [0.05, 0.1) is 11.7 Å². The first-order valence-electron chi connectivity index (χ1n) is 3.68. The van der Waals surface area contributed by atoms with Crippen molar-refractivity contribution in [2.45, 2.75) is 0 Å². The molecular formula is C7H6BFN2O2. The Morgan fingerprint density at radius 1 is 1.46 bits per heavy atom. The number of hydrogen-bond donors (Lipinski definition) is 3. The van der Waals surface area contributed by atoms with E-state index in [2.05, 4.69) is 9.97 Å². The molecule has 0 fully saturated rings. The van der Waals surface area contributed by atoms with Crippen LogP contribution in [0.3, 0.4) is 0 Å². The van der Waals surface area contributed by atoms with E-state index in [0.717, 1.165) is 0 Å². The molecule has 0 unspecified atom stereocenters. The Hall–Kier alpha value is -1.40. The van der Waals surface area contributed by atoms with Gasteiger partial charge >= 0.3 is 7.12 Å². The molecule has 13 heavy (non-hydrogen) atoms. The molecule has 0 aliphatic carbocycles. The zero-order chi connectivity index (χ0) is 9.42. The van der Waals surface area contributed by atoms with E-state index in [1.54, 1.807) is 12.3 Å². The van der Waals surface area contributed by atoms with E-state index in [-0.39, 0.29) is 5.46 Å². The van der Waals surface area contributed by atoms with Gasteiger partial charge in [-0.25, -0.2) is 4.98 Å². The number of rotatable bonds is 1. The molecule has 0 radical (unpaired) electrons. The summed E-state index contributed by atoms with van der Waals surface area (Å²) in [5.74, 6) is -0.859. The first-order chi connectivity index (χ1) is 6.20. The minimum Gasteiger partial charge on any atom is -0.423 e. The largest absolute Gasteiger partial charge is 0.493 e. The van der Waals surface area contributed by atoms with Crippen LogP contribution in [0.4, 0.5) is 4.39 Å². The summed E-state index contributed by atoms with van der Waals surface area (Å²) in [6.07, 6.45) is 2.88. The smallest absolute Gasteiger partial charge is 0.423 e. The third kappa shape index (κ3) is 1.20. The highest BCUT2D eigenvalue weighted by molar-refractivity contribution is 6.61. The van der Waals surface area contributed by atoms with Gasteiger partial charge in [0.15, 0.2) is 0 Å². The number of pyridine rings is 1. The van der Waals surface area contributed by atoms with Gasteiger partial charge in [-0.15, -0.1) is 0 Å². The maximum absolute atomic E-state index is 13.0. The van der Waals surface area contributed by atoms with E-state index in [1.165, 1.54) is 6.20 Å². The molecule has 0 aliphatic heterocycles. The summed E-state index contributed by atoms with van der Waals surface area (Å²) in [6, 6.07) is 1.56. The Bertz CT molecular complexity index is 443. The minimum absolute atomic E-state index is 0.196. The highest BCUT2D eigenvalue weighted by Gasteiger charge is 2.21. The van der Waals surface area contributed by atoms with Crippen molar-refractivity contribution in [2.75, 3.05) is 0 Å². The van der Waals surface area contributed by atoms with E-state index < -0.39 is 13.1 Å². The predicted octanol–water partition coefficient (Wildman–Crippen LogP) is -0.618. The van der Waals surface area contributed by atoms with Crippen LogP contribution in [0.25, 0.3) is 10.9 Å². The van der Waals surface area contributed by atoms with Crippen LogP contribution in [0.2, 0.25) is 0 Å². The first kappa shape index (κ1) is 8.21. The summed E-state index contributed by atoms with van der Waals surface area (Å²) in [7, 11) is -1.84. The topological polar surface area (TPSA) is 69.1 Å². The van der Waals surface area contributed by atoms with Crippen molar-refractivity contribution in [2.24, 2.45) is 0 Å². The lowest BCUT2D eigenvalue weighted by molar-refractivity contribution is 0.422. The summed E-state index contributed by atoms with van der Waals surface area (Å²) < 4.78 is 13.0. The van der Waals surface area contributed by atoms with Gasteiger partial charge in [0.25, 0.3) is 0 Å². The number of hydrogen-bond acceptors (Lipinski definition) is 3. The second-order valence-electron chi connectivity index (χ2n) is 2.64. The fourth-order valence-corrected chi connectivity index (χ4v) is 1.27. The third-order valence-corrected chi connectivity index (χ3v) is 1.86. The van der Waals surface area contributed by atoms with Crippen molar-refractivity contribution in [1.29, 1.82) is 0 Å². The Kier molecular flexibility index (Phi) is 1.79. The standard InChI is InChI=1S/C7H6BFN2O2/c9-7-6(8(12)13)4-1-2-10-5(4)3-11-7/h1-3,10,12-13H. The fourth-order valence-electron chi connectivity index (χ4n) is 1.27. The highest BCUT2D eigenvalue weighted by atomic mass is 19.1. The molecule has 0 saturated heterocycles. The lowest BCUT2D eigenvalue weighted by atomic mass is 9.79. The molecule has 0 spiro atoms. The highest BCUT2D eigenvalue weighted by Crippen LogP contribution is 2.09. The van der Waals surface area contributed by atoms with Crippen LogP contribution in [0.5, 0.6) is 0 Å². The van der Waals surface area contributed by atoms with E-state index in [0.29, 0.717) is 10.9 Å². The normalized spacial score (nSPS) is 10.7. The Morgan fingerprint density at radius 3 is 2.92 bits per heavy atom. The third-order valence-electron chi connectivity index (χ3n) is 1.86. The van der Waals surface area contributed by atoms with Crippen LogP contribution in [0.15, 0.2) is 18.5 Å². The Balaban J connectivity index is 2.80. The van der Waals surface area contributed by atoms with Crippen molar-refractivity contribution in [3.63, 3.8) is 0 Å². The molecule has 66 valence electrons. The van der Waals surface area contributed by atoms with Crippen molar-refractivity contribution in [3.8, 4) is 0 Å². The second-order valence-corrected chi connectivity index (χ2v) is 2.64. The maximum atomic E-state index is 13.0. The molecule has 0 amide bonds. The Labute approximate surface area is 73.2 Å². The molecule has 0 bridgehead atoms. The molecule has 3 N–H and O–H groups in total. The zero-order valence-electron chi connectivity index (χ0n) is 6.53. The average Bonchev–Trinajstić information content (AvgIpc) is 2.50. The fraction of sp³-hybridized carbons (Fsp3) is 0. The predicted molar refractivity (Wildman–Crippen MR) is 45.9 cm³/mol. The molecule has 0 saturated carbocycles. The second kappa shape index (κ2) is 2.83. The summed E-state index contributed by atoms with van der Waals surface area (Å²) in [4.78, 5) is 6.17. The van der Waals surface area contributed by atoms with Gasteiger partial charge in [-0.1, -0.05) is 0 Å². The number of halogens is 1. The van der Waals surface area contributed by atoms with Crippen molar-refractivity contribution in [3.05, 3.63) is 24.4 Å². The van der Waals surface area contributed by atoms with E-state index >= 15 is 0 Å². The minimum atomic E-state index is -1.84. The van der Waals surface area contributed by atoms with Crippen LogP contribution in [0, 0.1) is 5.95 Å². The van der Waals surface area contributed by atoms with Crippen molar-refractivity contribution in [1.82, 2.24) is 9.97 Å². The van der Waals surface area contributed by atoms with Crippen LogP contribution < -0.4 is 5.46 Å². The van der Waals surface area contributed by atoms with Gasteiger partial charge in [-0.2, -0.15) is 4.39 Å². The molecule has 4 nitrogen and oxygen atoms in total. The lowest BCUT2D eigenvalue weighted by Crippen LogP contribution is -2.34. The van der Waals surface area contributed by atoms with Gasteiger partial charge in [0.2, 0.25) is 5.95 Å². The van der Waals surface area contributed by atoms with E-state index in [4.69, 9.17) is 10.0 Å². The average molecular weight is 180 g/mol. The summed E-state index contributed by atoms with van der Waals surface area (Å²) in [5, 5.41) is 18.2. The van der Waals surface area contributed by atoms with Gasteiger partial charge in [-0.3, -0.25) is 0 Å². The zero-order valence-corrected chi connectivity index (χ0v) is 6.53. The molecule has 0 atom stereocenters. The van der Waals surface area contributed by atoms with E-state index in [1.807, 2.05) is 0 Å². The molecule has 0 aliphatic rings. The number of H-pyrrole nitrogens is 1. The van der Waals surface area contributed by atoms with Crippen LogP contribution >= 0.6 is 0 Å². The van der Waals surface area contributed by atoms with Crippen LogP contribution in [0.1, 0.15) is 0 Å². The number of nitrogens with one attached hydrogen (secondary N) is 1. The number of fused-ring (bicyclic) bond motifs is 1. The molecule has 0 aromatic carbocycles. The van der Waals surface area contributed by atoms with Crippen molar-refractivity contribution >= 4 is 23.5 Å². The monoisotopic (exact) mass is 180 g/mol. The molecule has 2 rings (SSSR count). The summed E-state index contributed by atoms with van der Waals surface area (Å²) in [5.41, 5.74) is 0.378. The molecule has 6 heteroatoms. The molecule has 2 heterocycles. The number of aromatic nitrogens is 2. The summed E-state index contributed by atoms with van der Waals surface area (Å²) >= 11 is 0. The molecular weight excluding hydrogens is 174 g/mol. The van der Waals surface area contributed by atoms with Gasteiger partial charge in [0.1, 0.15) is 0 Å². The quantitative estimate of drug-likeness (QED) is 0.404. The van der Waals surface area contributed by atoms with Gasteiger partial charge in [0, 0.05) is 17.0 Å². The number of aromatic amines is 1. The number of nitrogens with zero attached hydrogens (tertiary/aromatic N) is 1. The maximum Gasteiger partial charge on any atom is 0.493 e. The van der Waals surface area contributed by atoms with E-state index in [9.17, 15) is 4.39 Å². The summed E-state index contributed by atoms with van der Waals surface area (Å²) in [6.45, 7) is 0. The SMILES string of the molecule is OB(O)c1c(F)ncc2[nH]ccc12. The van der Waals surface area contributed by atoms with Crippen molar-refractivity contribution < 1.29 is 14.4 Å². The molecule has 2 aromatic heterocycles. The van der Waals surface area contributed by atoms with Crippen LogP contribution in [-0.4, -0.2) is 27.1 Å². The van der Waals surface area contributed by atoms with Gasteiger partial charge in [-0.05, 0) is 6.07 Å². The lowest BCUT2D eigenvalue weighted by Gasteiger charge is -2.01. The van der Waals surface area contributed by atoms with Gasteiger partial charge < -0.3 is 15.0 Å². The molecule has 2 aromatic rings. The Morgan fingerprint density at radius 2 is 2.23 bits per heavy atom. The first-order valence-corrected chi connectivity index (χ1v) is 3.68. The van der Waals surface area contributed by atoms with Crippen LogP contribution in [-0.2, 0) is 0 Å².